The first kappa shape index (κ1) is 11.0. The van der Waals surface area contributed by atoms with E-state index in [9.17, 15) is 0 Å². The van der Waals surface area contributed by atoms with Crippen LogP contribution in [0.1, 0.15) is 27.2 Å². The van der Waals surface area contributed by atoms with Crippen LogP contribution in [0.15, 0.2) is 0 Å². The van der Waals surface area contributed by atoms with E-state index < -0.39 is 0 Å². The molecule has 0 aromatic heterocycles. The monoisotopic (exact) mass is 186 g/mol. The SMILES string of the molecule is CCC(N)C(C)(C)N1CCOCC1. The summed E-state index contributed by atoms with van der Waals surface area (Å²) >= 11 is 0. The average molecular weight is 186 g/mol. The van der Waals surface area contributed by atoms with Gasteiger partial charge in [0.15, 0.2) is 0 Å². The second-order valence-corrected chi connectivity index (χ2v) is 4.27. The Morgan fingerprint density at radius 3 is 2.38 bits per heavy atom. The Kier molecular flexibility index (Phi) is 3.71. The molecule has 0 aliphatic carbocycles. The molecule has 78 valence electrons. The molecular weight excluding hydrogens is 164 g/mol. The van der Waals surface area contributed by atoms with Crippen molar-refractivity contribution in [1.82, 2.24) is 4.90 Å². The predicted octanol–water partition coefficient (Wildman–Crippen LogP) is 0.834. The highest BCUT2D eigenvalue weighted by atomic mass is 16.5. The van der Waals surface area contributed by atoms with E-state index in [2.05, 4.69) is 25.7 Å². The van der Waals surface area contributed by atoms with Crippen molar-refractivity contribution in [2.24, 2.45) is 5.73 Å². The first-order valence-corrected chi connectivity index (χ1v) is 5.17. The molecule has 13 heavy (non-hydrogen) atoms. The molecule has 0 spiro atoms. The Balaban J connectivity index is 2.55. The van der Waals surface area contributed by atoms with Gasteiger partial charge in [-0.25, -0.2) is 0 Å². The van der Waals surface area contributed by atoms with Gasteiger partial charge in [0, 0.05) is 24.7 Å². The first-order valence-electron chi connectivity index (χ1n) is 5.17. The van der Waals surface area contributed by atoms with Crippen LogP contribution in [0.4, 0.5) is 0 Å². The quantitative estimate of drug-likeness (QED) is 0.709. The summed E-state index contributed by atoms with van der Waals surface area (Å²) in [6.07, 6.45) is 1.03. The Bertz CT molecular complexity index is 153. The van der Waals surface area contributed by atoms with Crippen molar-refractivity contribution in [3.63, 3.8) is 0 Å². The van der Waals surface area contributed by atoms with E-state index in [0.29, 0.717) is 0 Å². The van der Waals surface area contributed by atoms with Crippen LogP contribution in [0.2, 0.25) is 0 Å². The summed E-state index contributed by atoms with van der Waals surface area (Å²) in [6.45, 7) is 10.3. The highest BCUT2D eigenvalue weighted by Gasteiger charge is 2.32. The van der Waals surface area contributed by atoms with E-state index in [4.69, 9.17) is 10.5 Å². The molecule has 1 atom stereocenters. The third kappa shape index (κ3) is 2.42. The molecule has 1 rings (SSSR count). The smallest absolute Gasteiger partial charge is 0.0594 e. The molecule has 1 heterocycles. The fourth-order valence-corrected chi connectivity index (χ4v) is 1.87. The number of rotatable bonds is 3. The lowest BCUT2D eigenvalue weighted by Crippen LogP contribution is -2.58. The van der Waals surface area contributed by atoms with E-state index in [1.165, 1.54) is 0 Å². The summed E-state index contributed by atoms with van der Waals surface area (Å²) in [6, 6.07) is 0.255. The highest BCUT2D eigenvalue weighted by molar-refractivity contribution is 4.91. The number of hydrogen-bond acceptors (Lipinski definition) is 3. The van der Waals surface area contributed by atoms with Crippen LogP contribution in [0.5, 0.6) is 0 Å². The van der Waals surface area contributed by atoms with Crippen molar-refractivity contribution in [3.05, 3.63) is 0 Å². The van der Waals surface area contributed by atoms with Crippen molar-refractivity contribution < 1.29 is 4.74 Å². The molecule has 0 radical (unpaired) electrons. The maximum Gasteiger partial charge on any atom is 0.0594 e. The number of morpholine rings is 1. The van der Waals surface area contributed by atoms with Gasteiger partial charge in [0.1, 0.15) is 0 Å². The summed E-state index contributed by atoms with van der Waals surface area (Å²) in [5.41, 5.74) is 6.21. The van der Waals surface area contributed by atoms with E-state index in [-0.39, 0.29) is 11.6 Å². The zero-order valence-corrected chi connectivity index (χ0v) is 9.05. The zero-order valence-electron chi connectivity index (χ0n) is 9.05. The number of hydrogen-bond donors (Lipinski definition) is 1. The normalized spacial score (nSPS) is 23.1. The van der Waals surface area contributed by atoms with Crippen molar-refractivity contribution in [2.75, 3.05) is 26.3 Å². The second-order valence-electron chi connectivity index (χ2n) is 4.27. The Labute approximate surface area is 81.2 Å². The lowest BCUT2D eigenvalue weighted by atomic mass is 9.91. The fraction of sp³-hybridized carbons (Fsp3) is 1.00. The van der Waals surface area contributed by atoms with E-state index in [0.717, 1.165) is 32.7 Å². The topological polar surface area (TPSA) is 38.5 Å². The van der Waals surface area contributed by atoms with Crippen molar-refractivity contribution in [3.8, 4) is 0 Å². The van der Waals surface area contributed by atoms with E-state index in [1.807, 2.05) is 0 Å². The third-order valence-corrected chi connectivity index (χ3v) is 3.17. The summed E-state index contributed by atoms with van der Waals surface area (Å²) in [7, 11) is 0. The van der Waals surface area contributed by atoms with Crippen LogP contribution in [0.25, 0.3) is 0 Å². The fourth-order valence-electron chi connectivity index (χ4n) is 1.87. The first-order chi connectivity index (χ1) is 6.09. The van der Waals surface area contributed by atoms with Crippen LogP contribution in [-0.4, -0.2) is 42.8 Å². The average Bonchev–Trinajstić information content (AvgIpc) is 2.18. The molecule has 1 unspecified atom stereocenters. The van der Waals surface area contributed by atoms with Crippen molar-refractivity contribution in [1.29, 1.82) is 0 Å². The molecular formula is C10H22N2O. The van der Waals surface area contributed by atoms with Crippen LogP contribution < -0.4 is 5.73 Å². The van der Waals surface area contributed by atoms with Gasteiger partial charge in [-0.15, -0.1) is 0 Å². The minimum absolute atomic E-state index is 0.110. The molecule has 0 aromatic carbocycles. The predicted molar refractivity (Wildman–Crippen MR) is 54.7 cm³/mol. The van der Waals surface area contributed by atoms with Gasteiger partial charge in [0.05, 0.1) is 13.2 Å². The van der Waals surface area contributed by atoms with Gasteiger partial charge in [-0.3, -0.25) is 4.90 Å². The van der Waals surface area contributed by atoms with Gasteiger partial charge < -0.3 is 10.5 Å². The Morgan fingerprint density at radius 2 is 1.92 bits per heavy atom. The molecule has 3 heteroatoms. The van der Waals surface area contributed by atoms with Gasteiger partial charge in [-0.1, -0.05) is 6.92 Å². The van der Waals surface area contributed by atoms with E-state index >= 15 is 0 Å². The van der Waals surface area contributed by atoms with Gasteiger partial charge >= 0.3 is 0 Å². The van der Waals surface area contributed by atoms with Crippen molar-refractivity contribution in [2.45, 2.75) is 38.8 Å². The standard InChI is InChI=1S/C10H22N2O/c1-4-9(11)10(2,3)12-5-7-13-8-6-12/h9H,4-8,11H2,1-3H3. The summed E-state index contributed by atoms with van der Waals surface area (Å²) < 4.78 is 5.33. The molecule has 3 nitrogen and oxygen atoms in total. The van der Waals surface area contributed by atoms with Gasteiger partial charge in [-0.05, 0) is 20.3 Å². The van der Waals surface area contributed by atoms with Crippen LogP contribution in [-0.2, 0) is 4.74 Å². The molecule has 0 amide bonds. The summed E-state index contributed by atoms with van der Waals surface area (Å²) in [4.78, 5) is 2.44. The van der Waals surface area contributed by atoms with Crippen molar-refractivity contribution >= 4 is 0 Å². The summed E-state index contributed by atoms with van der Waals surface area (Å²) in [5.74, 6) is 0. The molecule has 1 fully saturated rings. The maximum atomic E-state index is 6.10. The van der Waals surface area contributed by atoms with E-state index in [1.54, 1.807) is 0 Å². The maximum absolute atomic E-state index is 6.10. The Hall–Kier alpha value is -0.120. The molecule has 1 saturated heterocycles. The third-order valence-electron chi connectivity index (χ3n) is 3.17. The van der Waals surface area contributed by atoms with Crippen LogP contribution >= 0.6 is 0 Å². The molecule has 1 aliphatic heterocycles. The van der Waals surface area contributed by atoms with Gasteiger partial charge in [-0.2, -0.15) is 0 Å². The van der Waals surface area contributed by atoms with Gasteiger partial charge in [0.2, 0.25) is 0 Å². The number of nitrogens with two attached hydrogens (primary N) is 1. The molecule has 2 N–H and O–H groups in total. The molecule has 1 aliphatic rings. The lowest BCUT2D eigenvalue weighted by Gasteiger charge is -2.44. The highest BCUT2D eigenvalue weighted by Crippen LogP contribution is 2.20. The number of ether oxygens (including phenoxy) is 1. The van der Waals surface area contributed by atoms with Crippen LogP contribution in [0, 0.1) is 0 Å². The lowest BCUT2D eigenvalue weighted by molar-refractivity contribution is -0.0190. The molecule has 0 saturated carbocycles. The largest absolute Gasteiger partial charge is 0.379 e. The van der Waals surface area contributed by atoms with Gasteiger partial charge in [0.25, 0.3) is 0 Å². The minimum atomic E-state index is 0.110. The second kappa shape index (κ2) is 4.40. The molecule has 0 bridgehead atoms. The number of nitrogens with zero attached hydrogens (tertiary/aromatic N) is 1. The zero-order chi connectivity index (χ0) is 9.90. The van der Waals surface area contributed by atoms with Crippen LogP contribution in [0.3, 0.4) is 0 Å². The molecule has 0 aromatic rings. The minimum Gasteiger partial charge on any atom is -0.379 e. The summed E-state index contributed by atoms with van der Waals surface area (Å²) in [5, 5.41) is 0. The Morgan fingerprint density at radius 1 is 1.38 bits per heavy atom.